The topological polar surface area (TPSA) is 87.1 Å². The Kier molecular flexibility index (Phi) is 5.50. The van der Waals surface area contributed by atoms with Gasteiger partial charge in [-0.2, -0.15) is 5.06 Å². The number of carbonyl (C=O) groups is 2. The number of aliphatic hydroxyl groups is 1. The van der Waals surface area contributed by atoms with Gasteiger partial charge < -0.3 is 10.2 Å². The number of aliphatic hydroxyl groups excluding tert-OH is 1. The maximum Gasteiger partial charge on any atom is 0.339 e. The van der Waals surface area contributed by atoms with E-state index in [-0.39, 0.29) is 24.0 Å². The Morgan fingerprint density at radius 1 is 1.33 bits per heavy atom. The molecule has 6 rings (SSSR count). The van der Waals surface area contributed by atoms with Gasteiger partial charge in [0.2, 0.25) is 0 Å². The molecule has 0 amide bonds. The minimum Gasteiger partial charge on any atom is -0.479 e. The Balaban J connectivity index is 1.35. The molecule has 1 aromatic heterocycles. The van der Waals surface area contributed by atoms with Gasteiger partial charge in [0, 0.05) is 34.1 Å². The van der Waals surface area contributed by atoms with Crippen LogP contribution >= 0.6 is 23.1 Å². The van der Waals surface area contributed by atoms with E-state index >= 15 is 4.39 Å². The monoisotopic (exact) mass is 533 g/mol. The first-order chi connectivity index (χ1) is 17.0. The molecule has 8 atom stereocenters. The summed E-state index contributed by atoms with van der Waals surface area (Å²) < 4.78 is 18.5. The van der Waals surface area contributed by atoms with Crippen molar-refractivity contribution in [1.82, 2.24) is 5.06 Å². The van der Waals surface area contributed by atoms with E-state index in [1.54, 1.807) is 41.2 Å². The van der Waals surface area contributed by atoms with Crippen LogP contribution in [0.5, 0.6) is 0 Å². The molecule has 1 saturated heterocycles. The normalized spacial score (nSPS) is 45.6. The molecule has 0 radical (unpaired) electrons. The van der Waals surface area contributed by atoms with Crippen LogP contribution in [0, 0.1) is 28.6 Å². The zero-order chi connectivity index (χ0) is 25.7. The molecule has 0 spiro atoms. The second kappa shape index (κ2) is 7.99. The van der Waals surface area contributed by atoms with Crippen LogP contribution < -0.4 is 0 Å². The van der Waals surface area contributed by atoms with Crippen molar-refractivity contribution in [2.24, 2.45) is 28.6 Å². The molecule has 5 aliphatic rings. The highest BCUT2D eigenvalue weighted by molar-refractivity contribution is 8.00. The van der Waals surface area contributed by atoms with E-state index in [4.69, 9.17) is 4.84 Å². The number of thiophene rings is 1. The number of nitrogens with zero attached hydrogens (tertiary/aromatic N) is 1. The average Bonchev–Trinajstić information content (AvgIpc) is 3.49. The summed E-state index contributed by atoms with van der Waals surface area (Å²) in [7, 11) is 0. The fraction of sp³-hybridized carbons (Fsp3) is 0.630. The van der Waals surface area contributed by atoms with Gasteiger partial charge in [0.25, 0.3) is 0 Å². The summed E-state index contributed by atoms with van der Waals surface area (Å²) in [6, 6.07) is 4.10. The van der Waals surface area contributed by atoms with Gasteiger partial charge in [0.1, 0.15) is 0 Å². The molecule has 36 heavy (non-hydrogen) atoms. The number of hydroxylamine groups is 2. The maximum atomic E-state index is 17.3. The quantitative estimate of drug-likeness (QED) is 0.546. The lowest BCUT2D eigenvalue weighted by Crippen LogP contribution is -2.69. The number of aliphatic carboxylic acids is 1. The summed E-state index contributed by atoms with van der Waals surface area (Å²) in [5.74, 6) is -2.24. The van der Waals surface area contributed by atoms with E-state index in [1.807, 2.05) is 19.2 Å². The summed E-state index contributed by atoms with van der Waals surface area (Å²) in [6.07, 6.45) is 6.81. The van der Waals surface area contributed by atoms with Crippen molar-refractivity contribution in [3.05, 3.63) is 40.8 Å². The van der Waals surface area contributed by atoms with E-state index in [0.717, 1.165) is 10.5 Å². The molecule has 194 valence electrons. The Labute approximate surface area is 218 Å². The van der Waals surface area contributed by atoms with Crippen LogP contribution in [0.4, 0.5) is 4.39 Å². The first kappa shape index (κ1) is 24.8. The molecule has 4 aliphatic carbocycles. The average molecular weight is 534 g/mol. The van der Waals surface area contributed by atoms with Gasteiger partial charge >= 0.3 is 5.97 Å². The number of carboxylic acids is 1. The lowest BCUT2D eigenvalue weighted by atomic mass is 9.45. The smallest absolute Gasteiger partial charge is 0.339 e. The number of fused-ring (bicyclic) bond motifs is 7. The van der Waals surface area contributed by atoms with Gasteiger partial charge in [0.15, 0.2) is 17.1 Å². The number of ketones is 1. The van der Waals surface area contributed by atoms with Gasteiger partial charge in [-0.1, -0.05) is 18.6 Å². The summed E-state index contributed by atoms with van der Waals surface area (Å²) >= 11 is 3.35. The third-order valence-electron chi connectivity index (χ3n) is 10.2. The highest BCUT2D eigenvalue weighted by Crippen LogP contribution is 2.72. The molecule has 0 bridgehead atoms. The van der Waals surface area contributed by atoms with Crippen LogP contribution in [0.15, 0.2) is 40.1 Å². The summed E-state index contributed by atoms with van der Waals surface area (Å²) in [5, 5.41) is 23.9. The van der Waals surface area contributed by atoms with Crippen molar-refractivity contribution in [3.63, 3.8) is 0 Å². The lowest BCUT2D eigenvalue weighted by molar-refractivity contribution is -0.274. The first-order valence-electron chi connectivity index (χ1n) is 12.6. The van der Waals surface area contributed by atoms with Crippen LogP contribution in [-0.4, -0.2) is 57.2 Å². The lowest BCUT2D eigenvalue weighted by Gasteiger charge is -2.62. The molecule has 0 unspecified atom stereocenters. The number of allylic oxidation sites excluding steroid dienone is 4. The molecule has 9 heteroatoms. The van der Waals surface area contributed by atoms with Crippen molar-refractivity contribution >= 4 is 34.9 Å². The van der Waals surface area contributed by atoms with Crippen LogP contribution in [0.3, 0.4) is 0 Å². The summed E-state index contributed by atoms with van der Waals surface area (Å²) in [4.78, 5) is 32.5. The number of thioether (sulfide) groups is 1. The van der Waals surface area contributed by atoms with Crippen LogP contribution in [-0.2, 0) is 21.0 Å². The van der Waals surface area contributed by atoms with E-state index in [9.17, 15) is 19.8 Å². The molecule has 2 heterocycles. The van der Waals surface area contributed by atoms with Crippen LogP contribution in [0.2, 0.25) is 0 Å². The molecule has 4 fully saturated rings. The molecule has 3 saturated carbocycles. The Morgan fingerprint density at radius 3 is 2.81 bits per heavy atom. The van der Waals surface area contributed by atoms with E-state index in [0.29, 0.717) is 32.4 Å². The highest BCUT2D eigenvalue weighted by Gasteiger charge is 2.79. The number of halogens is 1. The zero-order valence-corrected chi connectivity index (χ0v) is 22.3. The molecule has 6 nitrogen and oxygen atoms in total. The third kappa shape index (κ3) is 2.95. The standard InChI is InChI=1S/C27H32FNO5S2/c1-24-9-8-17(30)10-15(24)4-6-19-20-11-16-13-29(14-18-5-7-22(35-3)36-18)34-27(16,23(32)33)25(20,2)12-21(31)26(19,24)28/h5,7-10,16,19-21,31H,4,6,11-14H2,1-3H3,(H,32,33)/t16-,19-,20-,21-,24-,25-,26-,27-/m0/s1. The van der Waals surface area contributed by atoms with E-state index in [2.05, 4.69) is 6.07 Å². The summed E-state index contributed by atoms with van der Waals surface area (Å²) in [5.41, 5.74) is -4.76. The second-order valence-electron chi connectivity index (χ2n) is 11.6. The highest BCUT2D eigenvalue weighted by atomic mass is 32.2. The first-order valence-corrected chi connectivity index (χ1v) is 14.6. The SMILES string of the molecule is CSc1ccc(CN2C[C@@H]3C[C@H]4[C@@H]5CCC6=CC(=O)C=C[C@]6(C)[C@@]5(F)[C@@H](O)C[C@]4(C)[C@]3(C(=O)O)O2)s1. The number of hydrogen-bond acceptors (Lipinski definition) is 7. The Bertz CT molecular complexity index is 1200. The van der Waals surface area contributed by atoms with Gasteiger partial charge in [-0.05, 0) is 69.1 Å². The molecule has 2 N–H and O–H groups in total. The van der Waals surface area contributed by atoms with Crippen molar-refractivity contribution in [3.8, 4) is 0 Å². The minimum absolute atomic E-state index is 0.00158. The molecular weight excluding hydrogens is 501 g/mol. The fourth-order valence-electron chi connectivity index (χ4n) is 8.51. The third-order valence-corrected chi connectivity index (χ3v) is 12.3. The van der Waals surface area contributed by atoms with Crippen molar-refractivity contribution in [1.29, 1.82) is 0 Å². The number of hydrogen-bond donors (Lipinski definition) is 2. The van der Waals surface area contributed by atoms with Crippen LogP contribution in [0.1, 0.15) is 44.4 Å². The predicted molar refractivity (Wildman–Crippen MR) is 135 cm³/mol. The largest absolute Gasteiger partial charge is 0.479 e. The van der Waals surface area contributed by atoms with Gasteiger partial charge in [-0.3, -0.25) is 9.63 Å². The van der Waals surface area contributed by atoms with Gasteiger partial charge in [-0.15, -0.1) is 23.1 Å². The van der Waals surface area contributed by atoms with Crippen molar-refractivity contribution < 1.29 is 29.0 Å². The molecule has 1 aromatic rings. The van der Waals surface area contributed by atoms with Gasteiger partial charge in [-0.25, -0.2) is 9.18 Å². The predicted octanol–water partition coefficient (Wildman–Crippen LogP) is 4.64. The Morgan fingerprint density at radius 2 is 2.11 bits per heavy atom. The second-order valence-corrected chi connectivity index (χ2v) is 13.9. The van der Waals surface area contributed by atoms with E-state index in [1.165, 1.54) is 16.4 Å². The van der Waals surface area contributed by atoms with Gasteiger partial charge in [0.05, 0.1) is 16.9 Å². The zero-order valence-electron chi connectivity index (χ0n) is 20.7. The molecule has 1 aliphatic heterocycles. The minimum atomic E-state index is -1.97. The molecular formula is C27H32FNO5S2. The van der Waals surface area contributed by atoms with Crippen LogP contribution in [0.25, 0.3) is 0 Å². The fourth-order valence-corrected chi connectivity index (χ4v) is 10.1. The number of carbonyl (C=O) groups excluding carboxylic acids is 1. The Hall–Kier alpha value is -1.52. The van der Waals surface area contributed by atoms with Crippen molar-refractivity contribution in [2.45, 2.75) is 67.7 Å². The van der Waals surface area contributed by atoms with E-state index < -0.39 is 40.1 Å². The van der Waals surface area contributed by atoms with Crippen molar-refractivity contribution in [2.75, 3.05) is 12.8 Å². The number of alkyl halides is 1. The number of rotatable bonds is 4. The summed E-state index contributed by atoms with van der Waals surface area (Å²) in [6.45, 7) is 4.64. The maximum absolute atomic E-state index is 17.3. The number of carboxylic acid groups (broad SMARTS) is 1. The molecule has 0 aromatic carbocycles.